The molecule has 0 bridgehead atoms. The van der Waals surface area contributed by atoms with Crippen molar-refractivity contribution in [2.24, 2.45) is 5.92 Å². The zero-order valence-electron chi connectivity index (χ0n) is 14.2. The van der Waals surface area contributed by atoms with Gasteiger partial charge in [0.05, 0.1) is 0 Å². The molecule has 1 aliphatic heterocycles. The number of aromatic nitrogens is 2. The third-order valence-electron chi connectivity index (χ3n) is 4.81. The van der Waals surface area contributed by atoms with Gasteiger partial charge in [-0.1, -0.05) is 6.07 Å². The van der Waals surface area contributed by atoms with Crippen molar-refractivity contribution in [2.75, 3.05) is 13.1 Å². The first-order valence-corrected chi connectivity index (χ1v) is 8.81. The number of carbonyl (C=O) groups excluding carboxylic acids is 1. The summed E-state index contributed by atoms with van der Waals surface area (Å²) in [6, 6.07) is 5.93. The van der Waals surface area contributed by atoms with E-state index in [4.69, 9.17) is 0 Å². The summed E-state index contributed by atoms with van der Waals surface area (Å²) in [5.74, 6) is -1.03. The molecule has 2 aromatic rings. The van der Waals surface area contributed by atoms with Crippen LogP contribution in [0, 0.1) is 17.6 Å². The summed E-state index contributed by atoms with van der Waals surface area (Å²) < 4.78 is 28.0. The van der Waals surface area contributed by atoms with Crippen LogP contribution in [0.15, 0.2) is 36.7 Å². The molecule has 134 valence electrons. The molecule has 0 radical (unpaired) electrons. The van der Waals surface area contributed by atoms with Crippen molar-refractivity contribution in [2.45, 2.75) is 38.6 Å². The van der Waals surface area contributed by atoms with Crippen LogP contribution < -0.4 is 0 Å². The number of amides is 1. The lowest BCUT2D eigenvalue weighted by Gasteiger charge is -2.33. The molecular weight excluding hydrogens is 324 g/mol. The molecule has 25 heavy (non-hydrogen) atoms. The topological polar surface area (TPSA) is 38.1 Å². The quantitative estimate of drug-likeness (QED) is 0.803. The number of carbonyl (C=O) groups is 1. The number of hydrogen-bond donors (Lipinski definition) is 0. The number of piperidine rings is 1. The Bertz CT molecular complexity index is 703. The number of rotatable bonds is 6. The van der Waals surface area contributed by atoms with Crippen molar-refractivity contribution in [3.05, 3.63) is 53.9 Å². The van der Waals surface area contributed by atoms with Gasteiger partial charge in [-0.15, -0.1) is 0 Å². The normalized spacial score (nSPS) is 17.7. The van der Waals surface area contributed by atoms with Crippen LogP contribution in [0.2, 0.25) is 0 Å². The van der Waals surface area contributed by atoms with E-state index in [1.807, 2.05) is 17.2 Å². The van der Waals surface area contributed by atoms with E-state index in [9.17, 15) is 13.6 Å². The third kappa shape index (κ3) is 4.87. The number of likely N-dealkylation sites (tertiary alicyclic amines) is 1. The van der Waals surface area contributed by atoms with Crippen LogP contribution in [-0.4, -0.2) is 33.7 Å². The van der Waals surface area contributed by atoms with Gasteiger partial charge in [0.1, 0.15) is 0 Å². The second-order valence-electron chi connectivity index (χ2n) is 6.65. The van der Waals surface area contributed by atoms with Gasteiger partial charge in [-0.2, -0.15) is 5.10 Å². The van der Waals surface area contributed by atoms with Crippen LogP contribution in [0.3, 0.4) is 0 Å². The molecule has 1 aromatic carbocycles. The van der Waals surface area contributed by atoms with E-state index in [1.165, 1.54) is 12.1 Å². The van der Waals surface area contributed by atoms with Crippen LogP contribution in [-0.2, 0) is 17.8 Å². The minimum Gasteiger partial charge on any atom is -0.342 e. The summed E-state index contributed by atoms with van der Waals surface area (Å²) in [6.45, 7) is 2.16. The summed E-state index contributed by atoms with van der Waals surface area (Å²) >= 11 is 0. The third-order valence-corrected chi connectivity index (χ3v) is 4.81. The lowest BCUT2D eigenvalue weighted by atomic mass is 9.91. The first kappa shape index (κ1) is 17.6. The van der Waals surface area contributed by atoms with Gasteiger partial charge in [-0.25, -0.2) is 8.78 Å². The second kappa shape index (κ2) is 8.23. The maximum Gasteiger partial charge on any atom is 0.224 e. The number of hydrogen-bond acceptors (Lipinski definition) is 2. The van der Waals surface area contributed by atoms with Gasteiger partial charge in [0, 0.05) is 38.4 Å². The minimum atomic E-state index is -0.810. The predicted octanol–water partition coefficient (Wildman–Crippen LogP) is 3.42. The first-order chi connectivity index (χ1) is 12.1. The fourth-order valence-corrected chi connectivity index (χ4v) is 3.39. The zero-order chi connectivity index (χ0) is 17.6. The van der Waals surface area contributed by atoms with E-state index in [-0.39, 0.29) is 5.91 Å². The molecule has 0 spiro atoms. The van der Waals surface area contributed by atoms with Crippen LogP contribution in [0.1, 0.15) is 31.2 Å². The molecule has 1 fully saturated rings. The molecule has 1 amide bonds. The maximum atomic E-state index is 13.3. The fourth-order valence-electron chi connectivity index (χ4n) is 3.39. The number of halogens is 2. The molecule has 1 aliphatic rings. The highest BCUT2D eigenvalue weighted by Crippen LogP contribution is 2.22. The van der Waals surface area contributed by atoms with E-state index in [0.29, 0.717) is 25.3 Å². The van der Waals surface area contributed by atoms with Crippen molar-refractivity contribution in [1.29, 1.82) is 0 Å². The van der Waals surface area contributed by atoms with Crippen LogP contribution >= 0.6 is 0 Å². The summed E-state index contributed by atoms with van der Waals surface area (Å²) in [5, 5.41) is 4.11. The first-order valence-electron chi connectivity index (χ1n) is 8.81. The Morgan fingerprint density at radius 1 is 1.28 bits per heavy atom. The molecule has 4 nitrogen and oxygen atoms in total. The largest absolute Gasteiger partial charge is 0.342 e. The van der Waals surface area contributed by atoms with Gasteiger partial charge < -0.3 is 4.90 Å². The molecule has 3 rings (SSSR count). The molecule has 0 saturated carbocycles. The molecule has 1 saturated heterocycles. The van der Waals surface area contributed by atoms with Gasteiger partial charge in [-0.3, -0.25) is 9.48 Å². The minimum absolute atomic E-state index is 0.160. The number of aryl methyl sites for hydroxylation is 2. The second-order valence-corrected chi connectivity index (χ2v) is 6.65. The van der Waals surface area contributed by atoms with Crippen LogP contribution in [0.4, 0.5) is 8.78 Å². The molecule has 0 unspecified atom stereocenters. The van der Waals surface area contributed by atoms with Crippen molar-refractivity contribution in [3.8, 4) is 0 Å². The van der Waals surface area contributed by atoms with Gasteiger partial charge in [0.15, 0.2) is 11.6 Å². The molecule has 1 atom stereocenters. The maximum absolute atomic E-state index is 13.3. The molecule has 0 N–H and O–H groups in total. The van der Waals surface area contributed by atoms with E-state index < -0.39 is 11.6 Å². The summed E-state index contributed by atoms with van der Waals surface area (Å²) in [5.41, 5.74) is 0.807. The van der Waals surface area contributed by atoms with E-state index in [0.717, 1.165) is 37.9 Å². The highest BCUT2D eigenvalue weighted by atomic mass is 19.2. The Balaban J connectivity index is 1.47. The summed E-state index contributed by atoms with van der Waals surface area (Å²) in [4.78, 5) is 14.3. The average Bonchev–Trinajstić information content (AvgIpc) is 3.14. The summed E-state index contributed by atoms with van der Waals surface area (Å²) in [7, 11) is 0. The van der Waals surface area contributed by atoms with Crippen molar-refractivity contribution < 1.29 is 13.6 Å². The van der Waals surface area contributed by atoms with Gasteiger partial charge in [0.2, 0.25) is 5.91 Å². The fraction of sp³-hybridized carbons (Fsp3) is 0.474. The van der Waals surface area contributed by atoms with Gasteiger partial charge in [-0.05, 0) is 55.4 Å². The molecular formula is C19H23F2N3O. The average molecular weight is 347 g/mol. The van der Waals surface area contributed by atoms with Crippen LogP contribution in [0.25, 0.3) is 0 Å². The zero-order valence-corrected chi connectivity index (χ0v) is 14.2. The lowest BCUT2D eigenvalue weighted by molar-refractivity contribution is -0.133. The van der Waals surface area contributed by atoms with E-state index >= 15 is 0 Å². The van der Waals surface area contributed by atoms with Crippen LogP contribution in [0.5, 0.6) is 0 Å². The Labute approximate surface area is 146 Å². The summed E-state index contributed by atoms with van der Waals surface area (Å²) in [6.07, 6.45) is 7.68. The monoisotopic (exact) mass is 347 g/mol. The van der Waals surface area contributed by atoms with Crippen molar-refractivity contribution in [3.63, 3.8) is 0 Å². The SMILES string of the molecule is O=C(CCn1cccn1)N1CCC[C@H](CCc2ccc(F)c(F)c2)C1. The van der Waals surface area contributed by atoms with Crippen molar-refractivity contribution in [1.82, 2.24) is 14.7 Å². The Hall–Kier alpha value is -2.24. The highest BCUT2D eigenvalue weighted by Gasteiger charge is 2.23. The van der Waals surface area contributed by atoms with E-state index in [1.54, 1.807) is 16.9 Å². The van der Waals surface area contributed by atoms with Crippen molar-refractivity contribution >= 4 is 5.91 Å². The van der Waals surface area contributed by atoms with Gasteiger partial charge in [0.25, 0.3) is 0 Å². The van der Waals surface area contributed by atoms with E-state index in [2.05, 4.69) is 5.10 Å². The molecule has 0 aliphatic carbocycles. The number of benzene rings is 1. The number of nitrogens with zero attached hydrogens (tertiary/aromatic N) is 3. The Kier molecular flexibility index (Phi) is 5.79. The predicted molar refractivity (Wildman–Crippen MR) is 90.8 cm³/mol. The Morgan fingerprint density at radius 3 is 2.92 bits per heavy atom. The highest BCUT2D eigenvalue weighted by molar-refractivity contribution is 5.76. The Morgan fingerprint density at radius 2 is 2.16 bits per heavy atom. The molecule has 6 heteroatoms. The lowest BCUT2D eigenvalue weighted by Crippen LogP contribution is -2.40. The van der Waals surface area contributed by atoms with Gasteiger partial charge >= 0.3 is 0 Å². The molecule has 1 aromatic heterocycles. The smallest absolute Gasteiger partial charge is 0.224 e. The standard InChI is InChI=1S/C19H23F2N3O/c20-17-7-6-15(13-18(17)21)4-5-16-3-1-10-23(14-16)19(25)8-12-24-11-2-9-22-24/h2,6-7,9,11,13,16H,1,3-5,8,10,12,14H2/t16-/m1/s1. The molecule has 2 heterocycles.